The second-order valence-electron chi connectivity index (χ2n) is 4.88. The van der Waals surface area contributed by atoms with Crippen LogP contribution in [0.1, 0.15) is 5.56 Å². The molecule has 4 N–H and O–H groups in total. The van der Waals surface area contributed by atoms with Crippen molar-refractivity contribution in [3.8, 4) is 6.07 Å². The summed E-state index contributed by atoms with van der Waals surface area (Å²) in [6, 6.07) is 6.03. The molecule has 2 rings (SSSR count). The quantitative estimate of drug-likeness (QED) is 0.399. The van der Waals surface area contributed by atoms with Gasteiger partial charge in [0.25, 0.3) is 11.8 Å². The lowest BCUT2D eigenvalue weighted by Gasteiger charge is -2.26. The largest absolute Gasteiger partial charge is 0.337 e. The molecule has 0 spiro atoms. The number of carbonyl (C=O) groups is 5. The molecule has 7 amide bonds. The van der Waals surface area contributed by atoms with Crippen molar-refractivity contribution in [3.63, 3.8) is 0 Å². The lowest BCUT2D eigenvalue weighted by Crippen LogP contribution is -2.61. The van der Waals surface area contributed by atoms with Gasteiger partial charge < -0.3 is 5.32 Å². The minimum Gasteiger partial charge on any atom is -0.307 e. The van der Waals surface area contributed by atoms with Gasteiger partial charge in [0, 0.05) is 12.7 Å². The van der Waals surface area contributed by atoms with Crippen LogP contribution in [0.15, 0.2) is 24.3 Å². The Bertz CT molecular complexity index is 797. The number of carbonyl (C=O) groups excluding carboxylic acids is 5. The van der Waals surface area contributed by atoms with Crippen LogP contribution in [0.4, 0.5) is 15.3 Å². The van der Waals surface area contributed by atoms with Crippen LogP contribution >= 0.6 is 0 Å². The van der Waals surface area contributed by atoms with Crippen LogP contribution in [-0.2, 0) is 14.4 Å². The number of rotatable bonds is 2. The van der Waals surface area contributed by atoms with Crippen molar-refractivity contribution in [1.82, 2.24) is 21.1 Å². The molecule has 1 unspecified atom stereocenters. The maximum Gasteiger partial charge on any atom is 0.337 e. The van der Waals surface area contributed by atoms with Crippen LogP contribution in [0.5, 0.6) is 0 Å². The summed E-state index contributed by atoms with van der Waals surface area (Å²) in [6.07, 6.45) is 0. The molecule has 1 aliphatic heterocycles. The Balaban J connectivity index is 1.91. The van der Waals surface area contributed by atoms with Gasteiger partial charge in [-0.3, -0.25) is 30.0 Å². The van der Waals surface area contributed by atoms with Crippen LogP contribution in [0.3, 0.4) is 0 Å². The van der Waals surface area contributed by atoms with E-state index in [0.717, 1.165) is 7.05 Å². The van der Waals surface area contributed by atoms with Crippen molar-refractivity contribution in [2.75, 3.05) is 12.4 Å². The average molecular weight is 344 g/mol. The standard InChI is InChI=1S/C14H12N6O5/c1-20-12(23)9(10(21)17-14(20)25)11(22)18-19-13(24)16-8-4-2-7(6-15)3-5-8/h2-5,9H,1H3,(H,18,22)(H2,16,19,24)(H,17,21,25). The van der Waals surface area contributed by atoms with Crippen LogP contribution in [0.25, 0.3) is 0 Å². The highest BCUT2D eigenvalue weighted by Gasteiger charge is 2.43. The van der Waals surface area contributed by atoms with Gasteiger partial charge in [0.2, 0.25) is 5.91 Å². The highest BCUT2D eigenvalue weighted by Crippen LogP contribution is 2.09. The molecule has 0 radical (unpaired) electrons. The van der Waals surface area contributed by atoms with Crippen molar-refractivity contribution < 1.29 is 24.0 Å². The molecule has 1 aliphatic rings. The van der Waals surface area contributed by atoms with Gasteiger partial charge in [0.1, 0.15) is 0 Å². The molecule has 0 aromatic heterocycles. The molecule has 25 heavy (non-hydrogen) atoms. The average Bonchev–Trinajstić information content (AvgIpc) is 2.58. The maximum atomic E-state index is 11.9. The number of benzene rings is 1. The van der Waals surface area contributed by atoms with E-state index in [1.807, 2.05) is 22.2 Å². The molecule has 1 aromatic carbocycles. The lowest BCUT2D eigenvalue weighted by molar-refractivity contribution is -0.147. The number of nitrogens with one attached hydrogen (secondary N) is 4. The SMILES string of the molecule is CN1C(=O)NC(=O)C(C(=O)NNC(=O)Nc2ccc(C#N)cc2)C1=O. The predicted molar refractivity (Wildman–Crippen MR) is 81.3 cm³/mol. The Morgan fingerprint density at radius 3 is 2.40 bits per heavy atom. The van der Waals surface area contributed by atoms with Crippen molar-refractivity contribution in [1.29, 1.82) is 5.26 Å². The van der Waals surface area contributed by atoms with Gasteiger partial charge in [0.15, 0.2) is 5.92 Å². The molecule has 1 fully saturated rings. The highest BCUT2D eigenvalue weighted by molar-refractivity contribution is 6.26. The summed E-state index contributed by atoms with van der Waals surface area (Å²) < 4.78 is 0. The number of nitrogens with zero attached hydrogens (tertiary/aromatic N) is 2. The summed E-state index contributed by atoms with van der Waals surface area (Å²) in [4.78, 5) is 58.8. The van der Waals surface area contributed by atoms with Gasteiger partial charge in [-0.25, -0.2) is 15.0 Å². The molecule has 0 saturated carbocycles. The molecule has 1 saturated heterocycles. The molecular formula is C14H12N6O5. The minimum absolute atomic E-state index is 0.350. The summed E-state index contributed by atoms with van der Waals surface area (Å²) in [5, 5.41) is 12.9. The number of hydrogen-bond acceptors (Lipinski definition) is 6. The number of nitriles is 1. The summed E-state index contributed by atoms with van der Waals surface area (Å²) in [5.41, 5.74) is 4.64. The van der Waals surface area contributed by atoms with E-state index >= 15 is 0 Å². The van der Waals surface area contributed by atoms with Crippen LogP contribution in [-0.4, -0.2) is 41.7 Å². The molecule has 1 aromatic rings. The second kappa shape index (κ2) is 7.09. The van der Waals surface area contributed by atoms with Gasteiger partial charge in [0.05, 0.1) is 11.6 Å². The Hall–Kier alpha value is -3.94. The fraction of sp³-hybridized carbons (Fsp3) is 0.143. The monoisotopic (exact) mass is 344 g/mol. The van der Waals surface area contributed by atoms with Gasteiger partial charge in [-0.05, 0) is 24.3 Å². The van der Waals surface area contributed by atoms with E-state index in [4.69, 9.17) is 5.26 Å². The molecule has 0 aliphatic carbocycles. The smallest absolute Gasteiger partial charge is 0.307 e. The first-order valence-electron chi connectivity index (χ1n) is 6.83. The van der Waals surface area contributed by atoms with Crippen LogP contribution in [0, 0.1) is 17.2 Å². The number of anilines is 1. The van der Waals surface area contributed by atoms with E-state index in [9.17, 15) is 24.0 Å². The van der Waals surface area contributed by atoms with E-state index in [2.05, 4.69) is 5.32 Å². The van der Waals surface area contributed by atoms with E-state index in [1.54, 1.807) is 0 Å². The molecule has 11 nitrogen and oxygen atoms in total. The van der Waals surface area contributed by atoms with Gasteiger partial charge in [-0.2, -0.15) is 5.26 Å². The second-order valence-corrected chi connectivity index (χ2v) is 4.88. The number of amides is 7. The predicted octanol–water partition coefficient (Wildman–Crippen LogP) is -0.965. The minimum atomic E-state index is -1.79. The fourth-order valence-corrected chi connectivity index (χ4v) is 1.88. The summed E-state index contributed by atoms with van der Waals surface area (Å²) in [5.74, 6) is -4.99. The van der Waals surface area contributed by atoms with Gasteiger partial charge in [-0.1, -0.05) is 0 Å². The normalized spacial score (nSPS) is 16.6. The fourth-order valence-electron chi connectivity index (χ4n) is 1.88. The molecule has 128 valence electrons. The molecule has 11 heteroatoms. The Morgan fingerprint density at radius 1 is 1.16 bits per heavy atom. The number of hydrazine groups is 1. The topological polar surface area (TPSA) is 160 Å². The van der Waals surface area contributed by atoms with E-state index in [-0.39, 0.29) is 0 Å². The molecule has 1 atom stereocenters. The summed E-state index contributed by atoms with van der Waals surface area (Å²) in [7, 11) is 1.11. The number of urea groups is 2. The molecule has 1 heterocycles. The zero-order valence-electron chi connectivity index (χ0n) is 12.8. The molecule has 0 bridgehead atoms. The van der Waals surface area contributed by atoms with Crippen molar-refractivity contribution >= 4 is 35.5 Å². The first kappa shape index (κ1) is 17.4. The summed E-state index contributed by atoms with van der Waals surface area (Å²) >= 11 is 0. The first-order chi connectivity index (χ1) is 11.8. The third kappa shape index (κ3) is 3.88. The zero-order valence-corrected chi connectivity index (χ0v) is 12.8. The van der Waals surface area contributed by atoms with E-state index < -0.39 is 35.7 Å². The highest BCUT2D eigenvalue weighted by atomic mass is 16.2. The Labute approximate surface area is 140 Å². The van der Waals surface area contributed by atoms with Crippen molar-refractivity contribution in [3.05, 3.63) is 29.8 Å². The van der Waals surface area contributed by atoms with Crippen LogP contribution in [0.2, 0.25) is 0 Å². The third-order valence-corrected chi connectivity index (χ3v) is 3.21. The van der Waals surface area contributed by atoms with Crippen LogP contribution < -0.4 is 21.5 Å². The van der Waals surface area contributed by atoms with E-state index in [1.165, 1.54) is 24.3 Å². The number of hydrogen-bond donors (Lipinski definition) is 4. The van der Waals surface area contributed by atoms with Crippen molar-refractivity contribution in [2.45, 2.75) is 0 Å². The Kier molecular flexibility index (Phi) is 4.94. The lowest BCUT2D eigenvalue weighted by atomic mass is 10.1. The first-order valence-corrected chi connectivity index (χ1v) is 6.83. The summed E-state index contributed by atoms with van der Waals surface area (Å²) in [6.45, 7) is 0. The van der Waals surface area contributed by atoms with Crippen molar-refractivity contribution in [2.24, 2.45) is 5.92 Å². The molecular weight excluding hydrogens is 332 g/mol. The third-order valence-electron chi connectivity index (χ3n) is 3.21. The van der Waals surface area contributed by atoms with Gasteiger partial charge in [-0.15, -0.1) is 0 Å². The Morgan fingerprint density at radius 2 is 1.80 bits per heavy atom. The zero-order chi connectivity index (χ0) is 18.6. The number of imide groups is 2. The number of barbiturate groups is 1. The van der Waals surface area contributed by atoms with E-state index in [0.29, 0.717) is 16.2 Å². The maximum absolute atomic E-state index is 11.9. The van der Waals surface area contributed by atoms with Gasteiger partial charge >= 0.3 is 12.1 Å².